The molecule has 2 fully saturated rings. The molecule has 2 aliphatic rings. The molecule has 1 aliphatic heterocycles. The fourth-order valence-electron chi connectivity index (χ4n) is 3.13. The van der Waals surface area contributed by atoms with Crippen LogP contribution in [-0.4, -0.2) is 35.6 Å². The second-order valence-electron chi connectivity index (χ2n) is 6.53. The molecule has 1 saturated heterocycles. The summed E-state index contributed by atoms with van der Waals surface area (Å²) in [5.74, 6) is 0.767. The van der Waals surface area contributed by atoms with Gasteiger partial charge in [-0.3, -0.25) is 0 Å². The molecule has 3 rings (SSSR count). The third-order valence-corrected chi connectivity index (χ3v) is 5.21. The zero-order valence-electron chi connectivity index (χ0n) is 12.1. The van der Waals surface area contributed by atoms with Gasteiger partial charge in [0.2, 0.25) is 0 Å². The van der Waals surface area contributed by atoms with E-state index in [1.807, 2.05) is 17.5 Å². The molecule has 1 saturated carbocycles. The van der Waals surface area contributed by atoms with Crippen LogP contribution in [0, 0.1) is 5.92 Å². The minimum Gasteiger partial charge on any atom is -0.303 e. The third kappa shape index (κ3) is 3.18. The van der Waals surface area contributed by atoms with Crippen LogP contribution in [0.1, 0.15) is 44.5 Å². The van der Waals surface area contributed by atoms with E-state index in [-0.39, 0.29) is 5.54 Å². The van der Waals surface area contributed by atoms with Crippen molar-refractivity contribution in [1.29, 1.82) is 0 Å². The molecule has 106 valence electrons. The molecule has 2 heterocycles. The van der Waals surface area contributed by atoms with Gasteiger partial charge in [-0.2, -0.15) is 0 Å². The summed E-state index contributed by atoms with van der Waals surface area (Å²) in [6.45, 7) is 8.27. The average molecular weight is 279 g/mol. The SMILES string of the molecule is CC(C)CN1CCC(NC2CC2)(c2nccs2)CC1. The fourth-order valence-corrected chi connectivity index (χ4v) is 3.99. The first kappa shape index (κ1) is 13.5. The maximum Gasteiger partial charge on any atom is 0.113 e. The Morgan fingerprint density at radius 2 is 2.16 bits per heavy atom. The minimum absolute atomic E-state index is 0.169. The van der Waals surface area contributed by atoms with Crippen molar-refractivity contribution in [2.24, 2.45) is 5.92 Å². The van der Waals surface area contributed by atoms with Gasteiger partial charge < -0.3 is 10.2 Å². The zero-order chi connectivity index (χ0) is 13.3. The first-order valence-corrected chi connectivity index (χ1v) is 8.46. The summed E-state index contributed by atoms with van der Waals surface area (Å²) in [4.78, 5) is 7.23. The number of rotatable bonds is 5. The second-order valence-corrected chi connectivity index (χ2v) is 7.43. The molecule has 4 heteroatoms. The van der Waals surface area contributed by atoms with Crippen molar-refractivity contribution in [3.8, 4) is 0 Å². The number of nitrogens with one attached hydrogen (secondary N) is 1. The minimum atomic E-state index is 0.169. The standard InChI is InChI=1S/C15H25N3S/c1-12(2)11-18-8-5-15(6-9-18,17-13-3-4-13)14-16-7-10-19-14/h7,10,12-13,17H,3-6,8-9,11H2,1-2H3. The Kier molecular flexibility index (Phi) is 3.92. The number of piperidine rings is 1. The summed E-state index contributed by atoms with van der Waals surface area (Å²) in [7, 11) is 0. The lowest BCUT2D eigenvalue weighted by atomic mass is 9.87. The normalized spacial score (nSPS) is 23.9. The van der Waals surface area contributed by atoms with Crippen LogP contribution in [0.15, 0.2) is 11.6 Å². The Hall–Kier alpha value is -0.450. The number of likely N-dealkylation sites (tertiary alicyclic amines) is 1. The summed E-state index contributed by atoms with van der Waals surface area (Å²) in [6, 6.07) is 0.751. The van der Waals surface area contributed by atoms with Crippen LogP contribution in [0.25, 0.3) is 0 Å². The molecule has 1 aliphatic carbocycles. The van der Waals surface area contributed by atoms with E-state index in [4.69, 9.17) is 0 Å². The smallest absolute Gasteiger partial charge is 0.113 e. The van der Waals surface area contributed by atoms with Crippen LogP contribution in [-0.2, 0) is 5.54 Å². The van der Waals surface area contributed by atoms with E-state index in [9.17, 15) is 0 Å². The van der Waals surface area contributed by atoms with Gasteiger partial charge in [0.1, 0.15) is 5.01 Å². The molecular weight excluding hydrogens is 254 g/mol. The van der Waals surface area contributed by atoms with E-state index in [0.717, 1.165) is 12.0 Å². The van der Waals surface area contributed by atoms with E-state index in [1.165, 1.54) is 50.3 Å². The number of hydrogen-bond acceptors (Lipinski definition) is 4. The summed E-state index contributed by atoms with van der Waals surface area (Å²) in [5.41, 5.74) is 0.169. The topological polar surface area (TPSA) is 28.2 Å². The molecule has 0 amide bonds. The van der Waals surface area contributed by atoms with Gasteiger partial charge >= 0.3 is 0 Å². The molecule has 0 bridgehead atoms. The summed E-state index contributed by atoms with van der Waals surface area (Å²) in [5, 5.41) is 7.33. The predicted octanol–water partition coefficient (Wildman–Crippen LogP) is 2.84. The van der Waals surface area contributed by atoms with E-state index in [2.05, 4.69) is 34.4 Å². The molecular formula is C15H25N3S. The number of hydrogen-bond donors (Lipinski definition) is 1. The van der Waals surface area contributed by atoms with Crippen LogP contribution >= 0.6 is 11.3 Å². The van der Waals surface area contributed by atoms with Crippen molar-refractivity contribution in [3.63, 3.8) is 0 Å². The highest BCUT2D eigenvalue weighted by Crippen LogP contribution is 2.37. The molecule has 19 heavy (non-hydrogen) atoms. The van der Waals surface area contributed by atoms with Crippen LogP contribution in [0.4, 0.5) is 0 Å². The summed E-state index contributed by atoms with van der Waals surface area (Å²) < 4.78 is 0. The molecule has 0 atom stereocenters. The lowest BCUT2D eigenvalue weighted by Gasteiger charge is -2.42. The van der Waals surface area contributed by atoms with Crippen molar-refractivity contribution in [1.82, 2.24) is 15.2 Å². The van der Waals surface area contributed by atoms with Gasteiger partial charge in [0.25, 0.3) is 0 Å². The van der Waals surface area contributed by atoms with Crippen molar-refractivity contribution in [3.05, 3.63) is 16.6 Å². The Labute approximate surface area is 120 Å². The van der Waals surface area contributed by atoms with Gasteiger partial charge in [0.15, 0.2) is 0 Å². The number of thiazole rings is 1. The van der Waals surface area contributed by atoms with Crippen LogP contribution < -0.4 is 5.32 Å². The maximum absolute atomic E-state index is 4.62. The predicted molar refractivity (Wildman–Crippen MR) is 80.5 cm³/mol. The van der Waals surface area contributed by atoms with E-state index in [0.29, 0.717) is 0 Å². The third-order valence-electron chi connectivity index (χ3n) is 4.23. The van der Waals surface area contributed by atoms with Gasteiger partial charge in [0, 0.05) is 37.3 Å². The highest BCUT2D eigenvalue weighted by atomic mass is 32.1. The Morgan fingerprint density at radius 3 is 2.68 bits per heavy atom. The summed E-state index contributed by atoms with van der Waals surface area (Å²) >= 11 is 1.82. The van der Waals surface area contributed by atoms with Crippen LogP contribution in [0.5, 0.6) is 0 Å². The largest absolute Gasteiger partial charge is 0.303 e. The zero-order valence-corrected chi connectivity index (χ0v) is 12.9. The lowest BCUT2D eigenvalue weighted by Crippen LogP contribution is -2.52. The highest BCUT2D eigenvalue weighted by molar-refractivity contribution is 7.09. The van der Waals surface area contributed by atoms with Crippen LogP contribution in [0.2, 0.25) is 0 Å². The van der Waals surface area contributed by atoms with Crippen molar-refractivity contribution < 1.29 is 0 Å². The van der Waals surface area contributed by atoms with Gasteiger partial charge in [-0.1, -0.05) is 13.8 Å². The van der Waals surface area contributed by atoms with Crippen molar-refractivity contribution in [2.45, 2.75) is 51.1 Å². The number of nitrogens with zero attached hydrogens (tertiary/aromatic N) is 2. The monoisotopic (exact) mass is 279 g/mol. The van der Waals surface area contributed by atoms with Gasteiger partial charge in [-0.05, 0) is 31.6 Å². The maximum atomic E-state index is 4.62. The van der Waals surface area contributed by atoms with E-state index >= 15 is 0 Å². The average Bonchev–Trinajstić information content (AvgIpc) is 3.01. The Balaban J connectivity index is 1.68. The van der Waals surface area contributed by atoms with Crippen LogP contribution in [0.3, 0.4) is 0 Å². The quantitative estimate of drug-likeness (QED) is 0.898. The Morgan fingerprint density at radius 1 is 1.42 bits per heavy atom. The van der Waals surface area contributed by atoms with E-state index < -0.39 is 0 Å². The Bertz CT molecular complexity index is 390. The van der Waals surface area contributed by atoms with Crippen molar-refractivity contribution in [2.75, 3.05) is 19.6 Å². The number of aromatic nitrogens is 1. The van der Waals surface area contributed by atoms with Gasteiger partial charge in [0.05, 0.1) is 5.54 Å². The first-order chi connectivity index (χ1) is 9.18. The molecule has 0 unspecified atom stereocenters. The molecule has 1 aromatic heterocycles. The molecule has 0 aromatic carbocycles. The molecule has 3 nitrogen and oxygen atoms in total. The fraction of sp³-hybridized carbons (Fsp3) is 0.800. The first-order valence-electron chi connectivity index (χ1n) is 7.58. The molecule has 0 radical (unpaired) electrons. The highest BCUT2D eigenvalue weighted by Gasteiger charge is 2.41. The molecule has 0 spiro atoms. The van der Waals surface area contributed by atoms with Gasteiger partial charge in [-0.15, -0.1) is 11.3 Å². The molecule has 1 N–H and O–H groups in total. The lowest BCUT2D eigenvalue weighted by molar-refractivity contribution is 0.122. The van der Waals surface area contributed by atoms with Gasteiger partial charge in [-0.25, -0.2) is 4.98 Å². The second kappa shape index (κ2) is 5.51. The summed E-state index contributed by atoms with van der Waals surface area (Å²) in [6.07, 6.45) is 7.08. The van der Waals surface area contributed by atoms with Crippen molar-refractivity contribution >= 4 is 11.3 Å². The van der Waals surface area contributed by atoms with E-state index in [1.54, 1.807) is 0 Å². The molecule has 1 aromatic rings.